The molecule has 0 heterocycles. The zero-order valence-electron chi connectivity index (χ0n) is 10.1. The first-order valence-corrected chi connectivity index (χ1v) is 5.40. The van der Waals surface area contributed by atoms with Crippen molar-refractivity contribution in [3.05, 3.63) is 85.1 Å². The summed E-state index contributed by atoms with van der Waals surface area (Å²) in [5, 5.41) is 0. The fraction of sp³-hybridized carbons (Fsp3) is 0.125. The van der Waals surface area contributed by atoms with Gasteiger partial charge in [-0.25, -0.2) is 0 Å². The molecule has 0 saturated carbocycles. The van der Waals surface area contributed by atoms with Crippen molar-refractivity contribution in [2.45, 2.75) is 13.8 Å². The molecule has 0 spiro atoms. The summed E-state index contributed by atoms with van der Waals surface area (Å²) < 4.78 is 0. The van der Waals surface area contributed by atoms with Crippen LogP contribution in [-0.4, -0.2) is 0 Å². The smallest absolute Gasteiger partial charge is 0.0401 e. The summed E-state index contributed by atoms with van der Waals surface area (Å²) in [4.78, 5) is 0. The van der Waals surface area contributed by atoms with Crippen LogP contribution in [0.1, 0.15) is 13.8 Å². The lowest BCUT2D eigenvalue weighted by atomic mass is 10.2. The summed E-state index contributed by atoms with van der Waals surface area (Å²) in [6.45, 7) is 7.70. The molecule has 0 fully saturated rings. The first-order chi connectivity index (χ1) is 7.81. The molecule has 0 aromatic rings. The molecule has 0 nitrogen and oxygen atoms in total. The minimum atomic E-state index is 1.27. The molecule has 0 amide bonds. The maximum absolute atomic E-state index is 3.59. The highest BCUT2D eigenvalue weighted by atomic mass is 13.8. The first-order valence-electron chi connectivity index (χ1n) is 5.40. The van der Waals surface area contributed by atoms with Crippen molar-refractivity contribution in [3.8, 4) is 0 Å². The third-order valence-electron chi connectivity index (χ3n) is 1.84. The summed E-state index contributed by atoms with van der Waals surface area (Å²) in [6.07, 6.45) is 23.7. The van der Waals surface area contributed by atoms with Gasteiger partial charge < -0.3 is 0 Å². The van der Waals surface area contributed by atoms with Crippen LogP contribution in [0, 0.1) is 0 Å². The first kappa shape index (κ1) is 14.2. The van der Waals surface area contributed by atoms with Gasteiger partial charge in [0.1, 0.15) is 0 Å². The maximum atomic E-state index is 3.59. The van der Waals surface area contributed by atoms with E-state index in [9.17, 15) is 0 Å². The van der Waals surface area contributed by atoms with Gasteiger partial charge in [0, 0.05) is 0 Å². The Morgan fingerprint density at radius 3 is 1.62 bits per heavy atom. The third kappa shape index (κ3) is 10.3. The highest BCUT2D eigenvalue weighted by Crippen LogP contribution is 1.93. The summed E-state index contributed by atoms with van der Waals surface area (Å²) in [6, 6.07) is 0. The topological polar surface area (TPSA) is 0 Å². The molecular weight excluding hydrogens is 192 g/mol. The Morgan fingerprint density at radius 1 is 0.750 bits per heavy atom. The van der Waals surface area contributed by atoms with Crippen LogP contribution in [0.5, 0.6) is 0 Å². The Bertz CT molecular complexity index is 344. The van der Waals surface area contributed by atoms with Crippen molar-refractivity contribution < 1.29 is 0 Å². The van der Waals surface area contributed by atoms with Crippen LogP contribution in [0.15, 0.2) is 85.1 Å². The lowest BCUT2D eigenvalue weighted by molar-refractivity contribution is 1.48. The molecule has 84 valence electrons. The van der Waals surface area contributed by atoms with E-state index < -0.39 is 0 Å². The number of rotatable bonds is 6. The van der Waals surface area contributed by atoms with Crippen molar-refractivity contribution in [1.82, 2.24) is 0 Å². The van der Waals surface area contributed by atoms with Gasteiger partial charge in [-0.15, -0.1) is 0 Å². The standard InChI is InChI=1S/C16H20/c1-4-6-7-8-9-10-11-12-13-14-15-16(3)5-2/h4-15H,1H2,2-3H3/b7-6+,9-8+,11-10-,13-12-,15-14+,16-5+. The molecule has 0 atom stereocenters. The van der Waals surface area contributed by atoms with Gasteiger partial charge in [0.15, 0.2) is 0 Å². The molecule has 0 aromatic heterocycles. The summed E-state index contributed by atoms with van der Waals surface area (Å²) in [5.74, 6) is 0. The van der Waals surface area contributed by atoms with Gasteiger partial charge in [-0.3, -0.25) is 0 Å². The predicted octanol–water partition coefficient (Wildman–Crippen LogP) is 4.92. The monoisotopic (exact) mass is 212 g/mol. The van der Waals surface area contributed by atoms with Gasteiger partial charge in [0.25, 0.3) is 0 Å². The van der Waals surface area contributed by atoms with Gasteiger partial charge in [-0.05, 0) is 13.8 Å². The van der Waals surface area contributed by atoms with E-state index >= 15 is 0 Å². The van der Waals surface area contributed by atoms with Crippen LogP contribution in [0.2, 0.25) is 0 Å². The normalized spacial score (nSPS) is 14.2. The fourth-order valence-corrected chi connectivity index (χ4v) is 0.831. The molecule has 0 radical (unpaired) electrons. The Morgan fingerprint density at radius 2 is 1.19 bits per heavy atom. The number of hydrogen-bond donors (Lipinski definition) is 0. The quantitative estimate of drug-likeness (QED) is 0.548. The Balaban J connectivity index is 3.88. The molecule has 0 unspecified atom stereocenters. The third-order valence-corrected chi connectivity index (χ3v) is 1.84. The van der Waals surface area contributed by atoms with Crippen LogP contribution in [0.25, 0.3) is 0 Å². The number of allylic oxidation sites excluding steroid dienone is 13. The fourth-order valence-electron chi connectivity index (χ4n) is 0.831. The molecule has 0 aliphatic rings. The molecule has 0 bridgehead atoms. The summed E-state index contributed by atoms with van der Waals surface area (Å²) >= 11 is 0. The second-order valence-electron chi connectivity index (χ2n) is 3.17. The molecular formula is C16H20. The Labute approximate surface area is 99.4 Å². The maximum Gasteiger partial charge on any atom is -0.0401 e. The van der Waals surface area contributed by atoms with E-state index in [0.717, 1.165) is 0 Å². The molecule has 16 heavy (non-hydrogen) atoms. The average Bonchev–Trinajstić information content (AvgIpc) is 2.31. The van der Waals surface area contributed by atoms with Gasteiger partial charge >= 0.3 is 0 Å². The van der Waals surface area contributed by atoms with E-state index in [4.69, 9.17) is 0 Å². The van der Waals surface area contributed by atoms with Crippen molar-refractivity contribution in [3.63, 3.8) is 0 Å². The minimum Gasteiger partial charge on any atom is -0.0991 e. The zero-order chi connectivity index (χ0) is 12.1. The average molecular weight is 212 g/mol. The lowest BCUT2D eigenvalue weighted by Crippen LogP contribution is -1.62. The van der Waals surface area contributed by atoms with Crippen molar-refractivity contribution in [2.24, 2.45) is 0 Å². The van der Waals surface area contributed by atoms with Crippen molar-refractivity contribution in [2.75, 3.05) is 0 Å². The zero-order valence-corrected chi connectivity index (χ0v) is 10.1. The summed E-state index contributed by atoms with van der Waals surface area (Å²) in [7, 11) is 0. The van der Waals surface area contributed by atoms with Gasteiger partial charge in [0.05, 0.1) is 0 Å². The Hall–Kier alpha value is -1.82. The van der Waals surface area contributed by atoms with E-state index in [0.29, 0.717) is 0 Å². The van der Waals surface area contributed by atoms with Gasteiger partial charge in [-0.1, -0.05) is 85.1 Å². The SMILES string of the molecule is C=C/C=C/C=C/C=C\C=C/C=C/C(C)=C/C. The van der Waals surface area contributed by atoms with E-state index in [1.807, 2.05) is 61.6 Å². The summed E-state index contributed by atoms with van der Waals surface area (Å²) in [5.41, 5.74) is 1.27. The molecule has 0 aromatic carbocycles. The predicted molar refractivity (Wildman–Crippen MR) is 75.3 cm³/mol. The van der Waals surface area contributed by atoms with Gasteiger partial charge in [-0.2, -0.15) is 0 Å². The van der Waals surface area contributed by atoms with E-state index in [-0.39, 0.29) is 0 Å². The van der Waals surface area contributed by atoms with Crippen LogP contribution in [0.4, 0.5) is 0 Å². The molecule has 0 N–H and O–H groups in total. The van der Waals surface area contributed by atoms with E-state index in [1.54, 1.807) is 6.08 Å². The van der Waals surface area contributed by atoms with Gasteiger partial charge in [0.2, 0.25) is 0 Å². The largest absolute Gasteiger partial charge is 0.0991 e. The molecule has 0 rings (SSSR count). The van der Waals surface area contributed by atoms with Crippen molar-refractivity contribution in [1.29, 1.82) is 0 Å². The van der Waals surface area contributed by atoms with Crippen LogP contribution >= 0.6 is 0 Å². The molecule has 0 saturated heterocycles. The van der Waals surface area contributed by atoms with Crippen LogP contribution < -0.4 is 0 Å². The second-order valence-corrected chi connectivity index (χ2v) is 3.17. The second kappa shape index (κ2) is 11.3. The Kier molecular flexibility index (Phi) is 9.98. The van der Waals surface area contributed by atoms with E-state index in [1.165, 1.54) is 5.57 Å². The lowest BCUT2D eigenvalue weighted by Gasteiger charge is -1.83. The molecule has 0 heteroatoms. The highest BCUT2D eigenvalue weighted by Gasteiger charge is 1.72. The molecule has 0 aliphatic heterocycles. The van der Waals surface area contributed by atoms with Crippen LogP contribution in [-0.2, 0) is 0 Å². The minimum absolute atomic E-state index is 1.27. The van der Waals surface area contributed by atoms with Crippen LogP contribution in [0.3, 0.4) is 0 Å². The molecule has 0 aliphatic carbocycles. The number of hydrogen-bond acceptors (Lipinski definition) is 0. The van der Waals surface area contributed by atoms with Crippen molar-refractivity contribution >= 4 is 0 Å². The highest BCUT2D eigenvalue weighted by molar-refractivity contribution is 5.22. The van der Waals surface area contributed by atoms with E-state index in [2.05, 4.69) is 25.7 Å².